The molecule has 0 radical (unpaired) electrons. The van der Waals surface area contributed by atoms with Crippen molar-refractivity contribution in [1.82, 2.24) is 19.9 Å². The van der Waals surface area contributed by atoms with Gasteiger partial charge in [0, 0.05) is 42.4 Å². The molecule has 1 fully saturated rings. The summed E-state index contributed by atoms with van der Waals surface area (Å²) in [5.41, 5.74) is 9.11. The number of ether oxygens (including phenoxy) is 1. The van der Waals surface area contributed by atoms with Crippen LogP contribution < -0.4 is 5.73 Å². The van der Waals surface area contributed by atoms with Crippen molar-refractivity contribution in [2.75, 3.05) is 18.8 Å². The highest BCUT2D eigenvalue weighted by atomic mass is 16.5. The zero-order valence-corrected chi connectivity index (χ0v) is 15.3. The summed E-state index contributed by atoms with van der Waals surface area (Å²) in [7, 11) is 0. The predicted octanol–water partition coefficient (Wildman–Crippen LogP) is 1.82. The van der Waals surface area contributed by atoms with Crippen molar-refractivity contribution in [3.63, 3.8) is 0 Å². The highest BCUT2D eigenvalue weighted by Crippen LogP contribution is 2.18. The van der Waals surface area contributed by atoms with Crippen LogP contribution in [0.1, 0.15) is 35.4 Å². The molecule has 0 bridgehead atoms. The molecule has 3 heterocycles. The number of aromatic nitrogens is 3. The third-order valence-corrected chi connectivity index (χ3v) is 4.71. The number of carbonyl (C=O) groups is 1. The number of aryl methyl sites for hydroxylation is 2. The van der Waals surface area contributed by atoms with E-state index in [9.17, 15) is 4.79 Å². The zero-order valence-electron chi connectivity index (χ0n) is 15.3. The van der Waals surface area contributed by atoms with Crippen LogP contribution in [-0.2, 0) is 22.6 Å². The zero-order chi connectivity index (χ0) is 18.5. The van der Waals surface area contributed by atoms with E-state index in [2.05, 4.69) is 15.0 Å². The second kappa shape index (κ2) is 8.23. The molecule has 3 rings (SSSR count). The van der Waals surface area contributed by atoms with Gasteiger partial charge in [-0.25, -0.2) is 9.97 Å². The van der Waals surface area contributed by atoms with E-state index in [0.29, 0.717) is 19.6 Å². The number of hydrogen-bond donors (Lipinski definition) is 1. The van der Waals surface area contributed by atoms with Crippen molar-refractivity contribution in [2.45, 2.75) is 45.8 Å². The maximum atomic E-state index is 12.8. The van der Waals surface area contributed by atoms with Crippen LogP contribution in [0.3, 0.4) is 0 Å². The quantitative estimate of drug-likeness (QED) is 0.879. The van der Waals surface area contributed by atoms with Crippen LogP contribution in [-0.4, -0.2) is 45.0 Å². The Balaban J connectivity index is 1.58. The van der Waals surface area contributed by atoms with Crippen molar-refractivity contribution >= 4 is 11.9 Å². The summed E-state index contributed by atoms with van der Waals surface area (Å²) < 4.78 is 5.99. The lowest BCUT2D eigenvalue weighted by Crippen LogP contribution is -2.44. The molecule has 7 heteroatoms. The van der Waals surface area contributed by atoms with E-state index in [1.807, 2.05) is 30.9 Å². The van der Waals surface area contributed by atoms with Gasteiger partial charge in [0.25, 0.3) is 0 Å². The summed E-state index contributed by atoms with van der Waals surface area (Å²) in [5, 5.41) is 0. The fourth-order valence-electron chi connectivity index (χ4n) is 3.28. The first-order chi connectivity index (χ1) is 12.5. The third kappa shape index (κ3) is 4.54. The van der Waals surface area contributed by atoms with Gasteiger partial charge in [-0.05, 0) is 38.3 Å². The van der Waals surface area contributed by atoms with Crippen LogP contribution in [0.2, 0.25) is 0 Å². The molecule has 2 aromatic rings. The van der Waals surface area contributed by atoms with E-state index in [-0.39, 0.29) is 18.0 Å². The van der Waals surface area contributed by atoms with Gasteiger partial charge in [-0.15, -0.1) is 0 Å². The Labute approximate surface area is 153 Å². The number of rotatable bonds is 5. The molecule has 7 nitrogen and oxygen atoms in total. The molecule has 1 saturated heterocycles. The van der Waals surface area contributed by atoms with Gasteiger partial charge in [0.2, 0.25) is 11.9 Å². The monoisotopic (exact) mass is 355 g/mol. The molecule has 26 heavy (non-hydrogen) atoms. The molecule has 1 aliphatic heterocycles. The second-order valence-corrected chi connectivity index (χ2v) is 6.68. The van der Waals surface area contributed by atoms with Gasteiger partial charge in [-0.2, -0.15) is 0 Å². The Morgan fingerprint density at radius 2 is 2.12 bits per heavy atom. The van der Waals surface area contributed by atoms with Crippen molar-refractivity contribution in [3.05, 3.63) is 47.0 Å². The fourth-order valence-corrected chi connectivity index (χ4v) is 3.28. The topological polar surface area (TPSA) is 94.2 Å². The van der Waals surface area contributed by atoms with Gasteiger partial charge in [0.1, 0.15) is 0 Å². The van der Waals surface area contributed by atoms with E-state index >= 15 is 0 Å². The molecule has 1 atom stereocenters. The number of carbonyl (C=O) groups excluding carboxylic acids is 1. The van der Waals surface area contributed by atoms with Crippen LogP contribution in [0, 0.1) is 13.8 Å². The lowest BCUT2D eigenvalue weighted by molar-refractivity contribution is -0.134. The van der Waals surface area contributed by atoms with Gasteiger partial charge >= 0.3 is 0 Å². The summed E-state index contributed by atoms with van der Waals surface area (Å²) in [6, 6.07) is 3.89. The Kier molecular flexibility index (Phi) is 5.78. The number of likely N-dealkylation sites (tertiary alicyclic amines) is 1. The highest BCUT2D eigenvalue weighted by Gasteiger charge is 2.25. The molecule has 1 amide bonds. The SMILES string of the molecule is Cc1nc(N)nc(C)c1CC(=O)N1CCCC(OCc2cccnc2)C1. The molecular formula is C19H25N5O2. The Morgan fingerprint density at radius 1 is 1.35 bits per heavy atom. The molecule has 138 valence electrons. The summed E-state index contributed by atoms with van der Waals surface area (Å²) in [6.07, 6.45) is 5.81. The smallest absolute Gasteiger partial charge is 0.227 e. The van der Waals surface area contributed by atoms with Crippen molar-refractivity contribution in [3.8, 4) is 0 Å². The molecule has 0 spiro atoms. The van der Waals surface area contributed by atoms with Gasteiger partial charge in [0.05, 0.1) is 19.1 Å². The number of anilines is 1. The Hall–Kier alpha value is -2.54. The van der Waals surface area contributed by atoms with Crippen LogP contribution in [0.25, 0.3) is 0 Å². The fraction of sp³-hybridized carbons (Fsp3) is 0.474. The summed E-state index contributed by atoms with van der Waals surface area (Å²) in [5.74, 6) is 0.331. The highest BCUT2D eigenvalue weighted by molar-refractivity contribution is 5.79. The maximum Gasteiger partial charge on any atom is 0.227 e. The minimum Gasteiger partial charge on any atom is -0.372 e. The van der Waals surface area contributed by atoms with E-state index in [0.717, 1.165) is 41.9 Å². The van der Waals surface area contributed by atoms with Crippen LogP contribution in [0.4, 0.5) is 5.95 Å². The van der Waals surface area contributed by atoms with E-state index in [1.54, 1.807) is 12.4 Å². The summed E-state index contributed by atoms with van der Waals surface area (Å²) >= 11 is 0. The molecule has 1 unspecified atom stereocenters. The number of hydrogen-bond acceptors (Lipinski definition) is 6. The van der Waals surface area contributed by atoms with Crippen molar-refractivity contribution in [2.24, 2.45) is 0 Å². The maximum absolute atomic E-state index is 12.8. The number of nitrogens with zero attached hydrogens (tertiary/aromatic N) is 4. The molecule has 0 saturated carbocycles. The van der Waals surface area contributed by atoms with Crippen molar-refractivity contribution < 1.29 is 9.53 Å². The van der Waals surface area contributed by atoms with E-state index in [4.69, 9.17) is 10.5 Å². The average molecular weight is 355 g/mol. The van der Waals surface area contributed by atoms with E-state index in [1.165, 1.54) is 0 Å². The van der Waals surface area contributed by atoms with Gasteiger partial charge < -0.3 is 15.4 Å². The van der Waals surface area contributed by atoms with Crippen LogP contribution in [0.5, 0.6) is 0 Å². The van der Waals surface area contributed by atoms with Crippen LogP contribution in [0.15, 0.2) is 24.5 Å². The predicted molar refractivity (Wildman–Crippen MR) is 98.3 cm³/mol. The number of nitrogens with two attached hydrogens (primary N) is 1. The van der Waals surface area contributed by atoms with Crippen LogP contribution >= 0.6 is 0 Å². The molecular weight excluding hydrogens is 330 g/mol. The first kappa shape index (κ1) is 18.3. The van der Waals surface area contributed by atoms with E-state index < -0.39 is 0 Å². The van der Waals surface area contributed by atoms with Gasteiger partial charge in [-0.3, -0.25) is 9.78 Å². The minimum absolute atomic E-state index is 0.0535. The third-order valence-electron chi connectivity index (χ3n) is 4.71. The molecule has 2 aromatic heterocycles. The average Bonchev–Trinajstić information content (AvgIpc) is 2.64. The minimum atomic E-state index is 0.0535. The lowest BCUT2D eigenvalue weighted by Gasteiger charge is -2.33. The number of piperidine rings is 1. The number of amides is 1. The second-order valence-electron chi connectivity index (χ2n) is 6.68. The first-order valence-electron chi connectivity index (χ1n) is 8.91. The number of pyridine rings is 1. The Bertz CT molecular complexity index is 743. The number of nitrogen functional groups attached to an aromatic ring is 1. The van der Waals surface area contributed by atoms with Gasteiger partial charge in [0.15, 0.2) is 0 Å². The summed E-state index contributed by atoms with van der Waals surface area (Å²) in [4.78, 5) is 27.1. The molecule has 0 aliphatic carbocycles. The first-order valence-corrected chi connectivity index (χ1v) is 8.91. The lowest BCUT2D eigenvalue weighted by atomic mass is 10.0. The molecule has 1 aliphatic rings. The normalized spacial score (nSPS) is 17.3. The Morgan fingerprint density at radius 3 is 2.81 bits per heavy atom. The molecule has 2 N–H and O–H groups in total. The van der Waals surface area contributed by atoms with Gasteiger partial charge in [-0.1, -0.05) is 6.07 Å². The largest absolute Gasteiger partial charge is 0.372 e. The summed E-state index contributed by atoms with van der Waals surface area (Å²) in [6.45, 7) is 5.63. The van der Waals surface area contributed by atoms with Crippen molar-refractivity contribution in [1.29, 1.82) is 0 Å². The molecule has 0 aromatic carbocycles. The standard InChI is InChI=1S/C19H25N5O2/c1-13-17(14(2)23-19(20)22-13)9-18(25)24-8-4-6-16(11-24)26-12-15-5-3-7-21-10-15/h3,5,7,10,16H,4,6,8-9,11-12H2,1-2H3,(H2,20,22,23).